The molecule has 0 radical (unpaired) electrons. The van der Waals surface area contributed by atoms with E-state index in [1.165, 1.54) is 0 Å². The minimum atomic E-state index is -1.12. The molecule has 0 aliphatic carbocycles. The van der Waals surface area contributed by atoms with E-state index in [0.717, 1.165) is 76.6 Å². The zero-order valence-corrected chi connectivity index (χ0v) is 26.8. The van der Waals surface area contributed by atoms with Gasteiger partial charge in [0.25, 0.3) is 5.91 Å². The number of rotatable bonds is 2. The van der Waals surface area contributed by atoms with E-state index in [1.807, 2.05) is 54.1 Å². The Bertz CT molecular complexity index is 1630. The van der Waals surface area contributed by atoms with Gasteiger partial charge in [0.05, 0.1) is 21.1 Å². The van der Waals surface area contributed by atoms with E-state index < -0.39 is 11.9 Å². The molecular weight excluding hydrogens is 570 g/mol. The maximum Gasteiger partial charge on any atom is 1.00 e. The van der Waals surface area contributed by atoms with Crippen LogP contribution in [0, 0.1) is 6.92 Å². The topological polar surface area (TPSA) is 91.2 Å². The van der Waals surface area contributed by atoms with Gasteiger partial charge in [0.2, 0.25) is 0 Å². The smallest absolute Gasteiger partial charge is 0.550 e. The molecule has 9 rings (SSSR count). The molecule has 6 heterocycles. The van der Waals surface area contributed by atoms with Crippen LogP contribution in [0.15, 0.2) is 42.5 Å². The zero-order valence-electron chi connectivity index (χ0n) is 23.3. The van der Waals surface area contributed by atoms with Crippen LogP contribution in [0.4, 0.5) is 0 Å². The van der Waals surface area contributed by atoms with Gasteiger partial charge in [0.1, 0.15) is 5.52 Å². The maximum absolute atomic E-state index is 13.6. The summed E-state index contributed by atoms with van der Waals surface area (Å²) in [5.74, 6) is -1.75. The predicted octanol–water partition coefficient (Wildman–Crippen LogP) is 2.25. The largest absolute Gasteiger partial charge is 1.00 e. The first-order valence-electron chi connectivity index (χ1n) is 13.7. The predicted molar refractivity (Wildman–Crippen MR) is 153 cm³/mol. The molecule has 4 aromatic rings. The Morgan fingerprint density at radius 1 is 1.00 bits per heavy atom. The summed E-state index contributed by atoms with van der Waals surface area (Å²) in [6, 6.07) is 13.8. The monoisotopic (exact) mass is 598 g/mol. The number of carbonyl (C=O) groups excluding carboxylic acids is 2. The van der Waals surface area contributed by atoms with Gasteiger partial charge in [0.15, 0.2) is 0 Å². The molecular formula is C31H29Cl2N4NaO3. The number of hydrogen-bond acceptors (Lipinski definition) is 5. The molecule has 7 nitrogen and oxygen atoms in total. The second-order valence-corrected chi connectivity index (χ2v) is 11.7. The van der Waals surface area contributed by atoms with Gasteiger partial charge < -0.3 is 14.8 Å². The van der Waals surface area contributed by atoms with Gasteiger partial charge in [0, 0.05) is 31.5 Å². The van der Waals surface area contributed by atoms with Gasteiger partial charge in [-0.15, -0.1) is 5.10 Å². The summed E-state index contributed by atoms with van der Waals surface area (Å²) < 4.78 is 1.92. The van der Waals surface area contributed by atoms with Crippen molar-refractivity contribution in [2.45, 2.75) is 64.5 Å². The first kappa shape index (κ1) is 30.1. The Labute approximate surface area is 271 Å². The fraction of sp³-hybridized carbons (Fsp3) is 0.355. The minimum absolute atomic E-state index is 0. The van der Waals surface area contributed by atoms with Gasteiger partial charge >= 0.3 is 29.6 Å². The van der Waals surface area contributed by atoms with E-state index in [-0.39, 0.29) is 41.9 Å². The number of aliphatic carboxylic acids is 1. The summed E-state index contributed by atoms with van der Waals surface area (Å²) in [4.78, 5) is 27.3. The van der Waals surface area contributed by atoms with Crippen molar-refractivity contribution in [3.63, 3.8) is 0 Å². The fourth-order valence-corrected chi connectivity index (χ4v) is 6.86. The van der Waals surface area contributed by atoms with Crippen LogP contribution in [-0.2, 0) is 30.7 Å². The summed E-state index contributed by atoms with van der Waals surface area (Å²) in [5, 5.41) is 21.5. The van der Waals surface area contributed by atoms with Crippen LogP contribution in [0.5, 0.6) is 0 Å². The Morgan fingerprint density at radius 2 is 1.78 bits per heavy atom. The molecule has 0 saturated carbocycles. The number of aromatic nitrogens is 3. The molecule has 3 aromatic carbocycles. The van der Waals surface area contributed by atoms with E-state index in [1.54, 1.807) is 4.90 Å². The second-order valence-electron chi connectivity index (χ2n) is 10.8. The van der Waals surface area contributed by atoms with Crippen LogP contribution in [0.3, 0.4) is 0 Å². The van der Waals surface area contributed by atoms with Crippen LogP contribution in [0.1, 0.15) is 75.3 Å². The van der Waals surface area contributed by atoms with Crippen LogP contribution >= 0.6 is 23.2 Å². The van der Waals surface area contributed by atoms with Gasteiger partial charge in [-0.25, -0.2) is 4.68 Å². The molecule has 10 heteroatoms. The third kappa shape index (κ3) is 5.93. The average Bonchev–Trinajstić information content (AvgIpc) is 3.34. The van der Waals surface area contributed by atoms with Crippen molar-refractivity contribution in [3.8, 4) is 0 Å². The number of carboxylic acid groups (broad SMARTS) is 1. The molecule has 0 fully saturated rings. The molecule has 0 N–H and O–H groups in total. The molecule has 5 aliphatic heterocycles. The van der Waals surface area contributed by atoms with Crippen molar-refractivity contribution in [2.24, 2.45) is 0 Å². The van der Waals surface area contributed by atoms with Crippen molar-refractivity contribution < 1.29 is 44.3 Å². The van der Waals surface area contributed by atoms with Crippen LogP contribution in [-0.4, -0.2) is 38.3 Å². The van der Waals surface area contributed by atoms with Crippen molar-refractivity contribution >= 4 is 46.1 Å². The van der Waals surface area contributed by atoms with Gasteiger partial charge in [-0.05, 0) is 90.6 Å². The van der Waals surface area contributed by atoms with Crippen molar-refractivity contribution in [1.29, 1.82) is 0 Å². The molecule has 1 amide bonds. The molecule has 1 unspecified atom stereocenters. The van der Waals surface area contributed by atoms with Crippen LogP contribution < -0.4 is 34.7 Å². The molecule has 1 atom stereocenters. The molecule has 41 heavy (non-hydrogen) atoms. The van der Waals surface area contributed by atoms with Gasteiger partial charge in [-0.1, -0.05) is 59.1 Å². The second kappa shape index (κ2) is 12.4. The number of carbonyl (C=O) groups is 2. The molecule has 0 saturated heterocycles. The molecule has 0 spiro atoms. The number of amides is 1. The van der Waals surface area contributed by atoms with Gasteiger partial charge in [-0.2, -0.15) is 0 Å². The Morgan fingerprint density at radius 3 is 2.54 bits per heavy atom. The minimum Gasteiger partial charge on any atom is -0.550 e. The maximum atomic E-state index is 13.6. The summed E-state index contributed by atoms with van der Waals surface area (Å²) in [6.45, 7) is 3.65. The van der Waals surface area contributed by atoms with Crippen molar-refractivity contribution in [1.82, 2.24) is 19.9 Å². The molecule has 9 bridgehead atoms. The van der Waals surface area contributed by atoms with E-state index in [9.17, 15) is 14.7 Å². The normalized spacial score (nSPS) is 17.2. The Balaban J connectivity index is 0.00000337. The number of aryl methyl sites for hydroxylation is 3. The number of carboxylic acids is 1. The summed E-state index contributed by atoms with van der Waals surface area (Å²) >= 11 is 13.3. The summed E-state index contributed by atoms with van der Waals surface area (Å²) in [7, 11) is 0. The van der Waals surface area contributed by atoms with Crippen LogP contribution in [0.25, 0.3) is 11.0 Å². The molecule has 5 aliphatic rings. The third-order valence-electron chi connectivity index (χ3n) is 8.31. The number of hydrogen-bond donors (Lipinski definition) is 0. The quantitative estimate of drug-likeness (QED) is 0.330. The Kier molecular flexibility index (Phi) is 9.12. The van der Waals surface area contributed by atoms with E-state index >= 15 is 0 Å². The Hall–Kier alpha value is -2.42. The van der Waals surface area contributed by atoms with Gasteiger partial charge in [-0.3, -0.25) is 4.79 Å². The van der Waals surface area contributed by atoms with Crippen molar-refractivity contribution in [3.05, 3.63) is 91.5 Å². The molecule has 1 aromatic heterocycles. The molecule has 206 valence electrons. The summed E-state index contributed by atoms with van der Waals surface area (Å²) in [5.41, 5.74) is 7.86. The van der Waals surface area contributed by atoms with E-state index in [2.05, 4.69) is 10.3 Å². The van der Waals surface area contributed by atoms with E-state index in [4.69, 9.17) is 23.2 Å². The third-order valence-corrected chi connectivity index (χ3v) is 8.91. The zero-order chi connectivity index (χ0) is 28.0. The van der Waals surface area contributed by atoms with Crippen LogP contribution in [0.2, 0.25) is 10.0 Å². The SMILES string of the molecule is Cc1c2ccc3c1nnn3CCCCCc1cc(Cl)c(c(Cl)c1)C(=O)N1CCc3ccc(cc3C1)C2CC(=O)[O-].[Na+]. The summed E-state index contributed by atoms with van der Waals surface area (Å²) in [6.07, 6.45) is 4.19. The van der Waals surface area contributed by atoms with Crippen molar-refractivity contribution in [2.75, 3.05) is 6.54 Å². The fourth-order valence-electron chi connectivity index (χ4n) is 6.17. The number of benzene rings is 3. The van der Waals surface area contributed by atoms with E-state index in [0.29, 0.717) is 35.1 Å². The average molecular weight is 599 g/mol. The number of nitrogens with zero attached hydrogens (tertiary/aromatic N) is 4. The standard InChI is InChI=1S/C31H30Cl2N4O3.Na/c1-18-23-8-9-27-30(18)34-35-37(27)11-4-2-3-5-19-13-25(32)29(26(33)14-19)31(40)36-12-10-20-6-7-21(15-22(20)17-36)24(23)16-28(38)39;/h6-9,13-15,24H,2-5,10-12,16-17H2,1H3,(H,38,39);/q;+1/p-1. The first-order chi connectivity index (χ1) is 19.3. The number of halogens is 2. The first-order valence-corrected chi connectivity index (χ1v) is 14.5.